The van der Waals surface area contributed by atoms with Gasteiger partial charge in [-0.25, -0.2) is 4.98 Å². The highest BCUT2D eigenvalue weighted by Crippen LogP contribution is 2.23. The molecule has 2 N–H and O–H groups in total. The maximum atomic E-state index is 5.78. The van der Waals surface area contributed by atoms with Crippen LogP contribution in [0.5, 0.6) is 0 Å². The van der Waals surface area contributed by atoms with Gasteiger partial charge in [0.2, 0.25) is 0 Å². The lowest BCUT2D eigenvalue weighted by atomic mass is 10.0. The number of ether oxygens (including phenoxy) is 1. The van der Waals surface area contributed by atoms with E-state index in [0.717, 1.165) is 37.6 Å². The summed E-state index contributed by atoms with van der Waals surface area (Å²) >= 11 is 0. The molecule has 0 radical (unpaired) electrons. The Morgan fingerprint density at radius 1 is 1.48 bits per heavy atom. The molecule has 1 saturated heterocycles. The quantitative estimate of drug-likeness (QED) is 0.910. The fraction of sp³-hybridized carbons (Fsp3) is 0.562. The first-order valence-corrected chi connectivity index (χ1v) is 7.74. The number of nitrogens with zero attached hydrogens (tertiary/aromatic N) is 3. The molecule has 114 valence electrons. The first-order valence-electron chi connectivity index (χ1n) is 7.74. The van der Waals surface area contributed by atoms with Gasteiger partial charge in [-0.2, -0.15) is 0 Å². The van der Waals surface area contributed by atoms with Gasteiger partial charge in [0.05, 0.1) is 12.3 Å². The van der Waals surface area contributed by atoms with Gasteiger partial charge < -0.3 is 19.8 Å². The summed E-state index contributed by atoms with van der Waals surface area (Å²) in [6, 6.07) is 6.10. The maximum Gasteiger partial charge on any atom is 0.150 e. The molecular formula is C16H24N4O. The molecule has 0 aliphatic carbocycles. The van der Waals surface area contributed by atoms with E-state index in [9.17, 15) is 0 Å². The molecule has 2 aromatic rings. The van der Waals surface area contributed by atoms with E-state index in [4.69, 9.17) is 15.5 Å². The highest BCUT2D eigenvalue weighted by atomic mass is 16.5. The molecule has 0 bridgehead atoms. The molecule has 0 amide bonds. The number of pyridine rings is 1. The van der Waals surface area contributed by atoms with Gasteiger partial charge >= 0.3 is 0 Å². The Morgan fingerprint density at radius 3 is 3.14 bits per heavy atom. The van der Waals surface area contributed by atoms with E-state index in [0.29, 0.717) is 12.5 Å². The van der Waals surface area contributed by atoms with Crippen LogP contribution in [0.3, 0.4) is 0 Å². The lowest BCUT2D eigenvalue weighted by molar-refractivity contribution is 0.0576. The third kappa shape index (κ3) is 3.04. The maximum absolute atomic E-state index is 5.78. The van der Waals surface area contributed by atoms with Crippen molar-refractivity contribution in [3.05, 3.63) is 30.1 Å². The van der Waals surface area contributed by atoms with Crippen molar-refractivity contribution in [1.82, 2.24) is 9.38 Å². The van der Waals surface area contributed by atoms with Crippen molar-refractivity contribution in [3.8, 4) is 0 Å². The molecule has 0 aromatic carbocycles. The second-order valence-electron chi connectivity index (χ2n) is 5.81. The second-order valence-corrected chi connectivity index (χ2v) is 5.81. The van der Waals surface area contributed by atoms with E-state index in [1.54, 1.807) is 0 Å². The molecule has 0 saturated carbocycles. The summed E-state index contributed by atoms with van der Waals surface area (Å²) < 4.78 is 7.73. The number of rotatable bonds is 5. The molecule has 5 heteroatoms. The van der Waals surface area contributed by atoms with E-state index in [-0.39, 0.29) is 0 Å². The van der Waals surface area contributed by atoms with Crippen molar-refractivity contribution in [2.24, 2.45) is 11.7 Å². The molecule has 1 unspecified atom stereocenters. The fourth-order valence-corrected chi connectivity index (χ4v) is 3.13. The zero-order valence-corrected chi connectivity index (χ0v) is 12.7. The number of imidazole rings is 1. The predicted molar refractivity (Wildman–Crippen MR) is 84.8 cm³/mol. The smallest absolute Gasteiger partial charge is 0.150 e. The summed E-state index contributed by atoms with van der Waals surface area (Å²) in [5.41, 5.74) is 7.97. The van der Waals surface area contributed by atoms with Crippen molar-refractivity contribution in [3.63, 3.8) is 0 Å². The zero-order chi connectivity index (χ0) is 14.7. The number of nitrogens with two attached hydrogens (primary N) is 1. The first kappa shape index (κ1) is 14.4. The predicted octanol–water partition coefficient (Wildman–Crippen LogP) is 1.70. The number of fused-ring (bicyclic) bond motifs is 1. The standard InChI is InChI=1S/C16H24N4O/c1-19(11-13-5-4-10-21-12-13)16-14(7-8-17)20-9-3-2-6-15(20)18-16/h2-3,6,9,13H,4-5,7-8,10-12,17H2,1H3. The van der Waals surface area contributed by atoms with E-state index in [1.165, 1.54) is 18.5 Å². The summed E-state index contributed by atoms with van der Waals surface area (Å²) in [5.74, 6) is 1.65. The van der Waals surface area contributed by atoms with Gasteiger partial charge in [-0.1, -0.05) is 6.07 Å². The van der Waals surface area contributed by atoms with Crippen molar-refractivity contribution in [1.29, 1.82) is 0 Å². The summed E-state index contributed by atoms with van der Waals surface area (Å²) in [6.45, 7) is 3.40. The van der Waals surface area contributed by atoms with E-state index >= 15 is 0 Å². The van der Waals surface area contributed by atoms with Crippen LogP contribution in [-0.2, 0) is 11.2 Å². The minimum Gasteiger partial charge on any atom is -0.381 e. The highest BCUT2D eigenvalue weighted by Gasteiger charge is 2.20. The average molecular weight is 288 g/mol. The molecule has 3 rings (SSSR count). The molecule has 5 nitrogen and oxygen atoms in total. The molecule has 2 aromatic heterocycles. The van der Waals surface area contributed by atoms with Gasteiger partial charge in [0, 0.05) is 32.8 Å². The first-order chi connectivity index (χ1) is 10.3. The minimum absolute atomic E-state index is 0.597. The SMILES string of the molecule is CN(CC1CCCOC1)c1nc2ccccn2c1CCN. The van der Waals surface area contributed by atoms with Gasteiger partial charge in [0.25, 0.3) is 0 Å². The number of hydrogen-bond acceptors (Lipinski definition) is 4. The van der Waals surface area contributed by atoms with E-state index in [1.807, 2.05) is 18.2 Å². The van der Waals surface area contributed by atoms with Crippen molar-refractivity contribution in [2.75, 3.05) is 38.3 Å². The van der Waals surface area contributed by atoms with Crippen molar-refractivity contribution < 1.29 is 4.74 Å². The van der Waals surface area contributed by atoms with Crippen LogP contribution < -0.4 is 10.6 Å². The van der Waals surface area contributed by atoms with Crippen LogP contribution in [0.1, 0.15) is 18.5 Å². The van der Waals surface area contributed by atoms with Gasteiger partial charge in [-0.3, -0.25) is 0 Å². The summed E-state index contributed by atoms with van der Waals surface area (Å²) in [5, 5.41) is 0. The van der Waals surface area contributed by atoms with E-state index < -0.39 is 0 Å². The van der Waals surface area contributed by atoms with Crippen LogP contribution in [-0.4, -0.2) is 42.7 Å². The molecule has 1 aliphatic heterocycles. The van der Waals surface area contributed by atoms with Crippen molar-refractivity contribution in [2.45, 2.75) is 19.3 Å². The molecule has 21 heavy (non-hydrogen) atoms. The fourth-order valence-electron chi connectivity index (χ4n) is 3.13. The van der Waals surface area contributed by atoms with Gasteiger partial charge in [0.1, 0.15) is 5.65 Å². The summed E-state index contributed by atoms with van der Waals surface area (Å²) in [6.07, 6.45) is 5.31. The van der Waals surface area contributed by atoms with Gasteiger partial charge in [-0.15, -0.1) is 0 Å². The minimum atomic E-state index is 0.597. The van der Waals surface area contributed by atoms with Crippen LogP contribution in [0.15, 0.2) is 24.4 Å². The number of aromatic nitrogens is 2. The topological polar surface area (TPSA) is 55.8 Å². The van der Waals surface area contributed by atoms with Gasteiger partial charge in [-0.05, 0) is 37.4 Å². The molecule has 0 spiro atoms. The lowest BCUT2D eigenvalue weighted by Crippen LogP contribution is -2.31. The highest BCUT2D eigenvalue weighted by molar-refractivity contribution is 5.55. The van der Waals surface area contributed by atoms with Gasteiger partial charge in [0.15, 0.2) is 5.82 Å². The third-order valence-corrected chi connectivity index (χ3v) is 4.14. The lowest BCUT2D eigenvalue weighted by Gasteiger charge is -2.27. The molecule has 1 aliphatic rings. The zero-order valence-electron chi connectivity index (χ0n) is 12.7. The van der Waals surface area contributed by atoms with Crippen LogP contribution >= 0.6 is 0 Å². The van der Waals surface area contributed by atoms with Crippen LogP contribution in [0.2, 0.25) is 0 Å². The second kappa shape index (κ2) is 6.45. The Kier molecular flexibility index (Phi) is 4.41. The number of hydrogen-bond donors (Lipinski definition) is 1. The largest absolute Gasteiger partial charge is 0.381 e. The summed E-state index contributed by atoms with van der Waals surface area (Å²) in [4.78, 5) is 7.05. The van der Waals surface area contributed by atoms with Crippen LogP contribution in [0, 0.1) is 5.92 Å². The average Bonchev–Trinajstić information content (AvgIpc) is 2.88. The number of anilines is 1. The molecule has 1 atom stereocenters. The van der Waals surface area contributed by atoms with Crippen LogP contribution in [0.4, 0.5) is 5.82 Å². The Hall–Kier alpha value is -1.59. The molecule has 3 heterocycles. The third-order valence-electron chi connectivity index (χ3n) is 4.14. The van der Waals surface area contributed by atoms with E-state index in [2.05, 4.69) is 22.5 Å². The van der Waals surface area contributed by atoms with Crippen LogP contribution in [0.25, 0.3) is 5.65 Å². The Labute approximate surface area is 125 Å². The van der Waals surface area contributed by atoms with Crippen molar-refractivity contribution >= 4 is 11.5 Å². The Balaban J connectivity index is 1.85. The Bertz CT molecular complexity index is 589. The normalized spacial score (nSPS) is 19.0. The molecular weight excluding hydrogens is 264 g/mol. The summed E-state index contributed by atoms with van der Waals surface area (Å²) in [7, 11) is 2.12. The monoisotopic (exact) mass is 288 g/mol. The molecule has 1 fully saturated rings. The Morgan fingerprint density at radius 2 is 2.38 bits per heavy atom.